The smallest absolute Gasteiger partial charge is 0.280 e. The fraction of sp³-hybridized carbons (Fsp3) is 0. The molecule has 0 unspecified atom stereocenters. The Balaban J connectivity index is 1.70. The Kier molecular flexibility index (Phi) is 4.03. The average Bonchev–Trinajstić information content (AvgIpc) is 2.68. The summed E-state index contributed by atoms with van der Waals surface area (Å²) in [6.07, 6.45) is 7.20. The van der Waals surface area contributed by atoms with E-state index in [9.17, 15) is 9.90 Å². The molecule has 0 aliphatic heterocycles. The van der Waals surface area contributed by atoms with Gasteiger partial charge in [0, 0.05) is 11.6 Å². The summed E-state index contributed by atoms with van der Waals surface area (Å²) in [6, 6.07) is 17.9. The molecule has 1 N–H and O–H groups in total. The maximum absolute atomic E-state index is 12.7. The number of pyridine rings is 1. The van der Waals surface area contributed by atoms with Crippen LogP contribution in [-0.4, -0.2) is 19.9 Å². The summed E-state index contributed by atoms with van der Waals surface area (Å²) >= 11 is 0. The lowest BCUT2D eigenvalue weighted by Crippen LogP contribution is -2.21. The molecule has 0 atom stereocenters. The first-order chi connectivity index (χ1) is 12.7. The van der Waals surface area contributed by atoms with Gasteiger partial charge in [-0.05, 0) is 47.5 Å². The van der Waals surface area contributed by atoms with Crippen LogP contribution in [0.1, 0.15) is 11.1 Å². The van der Waals surface area contributed by atoms with Gasteiger partial charge in [-0.25, -0.2) is 4.98 Å². The summed E-state index contributed by atoms with van der Waals surface area (Å²) in [7, 11) is 0. The van der Waals surface area contributed by atoms with Gasteiger partial charge >= 0.3 is 0 Å². The SMILES string of the molecule is O=c1c2ccc(/C=C/c3ccc(O)cc3)cc2cnn1-c1ccccn1. The quantitative estimate of drug-likeness (QED) is 0.578. The van der Waals surface area contributed by atoms with Crippen LogP contribution < -0.4 is 5.56 Å². The van der Waals surface area contributed by atoms with Crippen molar-refractivity contribution in [3.05, 3.63) is 94.5 Å². The monoisotopic (exact) mass is 341 g/mol. The molecule has 0 amide bonds. The lowest BCUT2D eigenvalue weighted by Gasteiger charge is -2.05. The van der Waals surface area contributed by atoms with Crippen LogP contribution >= 0.6 is 0 Å². The summed E-state index contributed by atoms with van der Waals surface area (Å²) in [5, 5.41) is 14.9. The molecular formula is C21H15N3O2. The van der Waals surface area contributed by atoms with Crippen LogP contribution in [-0.2, 0) is 0 Å². The average molecular weight is 341 g/mol. The van der Waals surface area contributed by atoms with Crippen LogP contribution in [0.5, 0.6) is 5.75 Å². The van der Waals surface area contributed by atoms with E-state index >= 15 is 0 Å². The van der Waals surface area contributed by atoms with Crippen molar-refractivity contribution in [1.29, 1.82) is 0 Å². The van der Waals surface area contributed by atoms with Crippen molar-refractivity contribution < 1.29 is 5.11 Å². The molecule has 5 nitrogen and oxygen atoms in total. The molecule has 2 aromatic heterocycles. The van der Waals surface area contributed by atoms with Gasteiger partial charge in [0.15, 0.2) is 5.82 Å². The Morgan fingerprint density at radius 2 is 1.69 bits per heavy atom. The number of aromatic hydroxyl groups is 1. The van der Waals surface area contributed by atoms with Crippen molar-refractivity contribution in [2.45, 2.75) is 0 Å². The number of aromatic nitrogens is 3. The van der Waals surface area contributed by atoms with Gasteiger partial charge in [-0.3, -0.25) is 4.79 Å². The van der Waals surface area contributed by atoms with Gasteiger partial charge in [-0.1, -0.05) is 36.4 Å². The molecule has 0 spiro atoms. The summed E-state index contributed by atoms with van der Waals surface area (Å²) in [5.74, 6) is 0.735. The lowest BCUT2D eigenvalue weighted by molar-refractivity contribution is 0.475. The van der Waals surface area contributed by atoms with Crippen molar-refractivity contribution in [2.75, 3.05) is 0 Å². The van der Waals surface area contributed by atoms with E-state index in [0.29, 0.717) is 11.2 Å². The Hall–Kier alpha value is -3.73. The third-order valence-corrected chi connectivity index (χ3v) is 4.04. The number of phenolic OH excluding ortho intramolecular Hbond substituents is 1. The highest BCUT2D eigenvalue weighted by Gasteiger charge is 2.06. The first-order valence-electron chi connectivity index (χ1n) is 8.11. The Bertz CT molecular complexity index is 1150. The number of hydrogen-bond acceptors (Lipinski definition) is 4. The minimum Gasteiger partial charge on any atom is -0.508 e. The third-order valence-electron chi connectivity index (χ3n) is 4.04. The van der Waals surface area contributed by atoms with Gasteiger partial charge in [-0.15, -0.1) is 0 Å². The molecule has 0 aliphatic carbocycles. The van der Waals surface area contributed by atoms with E-state index in [1.54, 1.807) is 42.7 Å². The first kappa shape index (κ1) is 15.8. The van der Waals surface area contributed by atoms with Crippen molar-refractivity contribution in [1.82, 2.24) is 14.8 Å². The molecule has 5 heteroatoms. The van der Waals surface area contributed by atoms with Crippen LogP contribution in [0.15, 0.2) is 77.9 Å². The van der Waals surface area contributed by atoms with Crippen molar-refractivity contribution >= 4 is 22.9 Å². The van der Waals surface area contributed by atoms with Crippen LogP contribution in [0.25, 0.3) is 28.7 Å². The Morgan fingerprint density at radius 3 is 2.46 bits per heavy atom. The fourth-order valence-corrected chi connectivity index (χ4v) is 2.69. The largest absolute Gasteiger partial charge is 0.508 e. The van der Waals surface area contributed by atoms with Crippen molar-refractivity contribution in [3.63, 3.8) is 0 Å². The summed E-state index contributed by atoms with van der Waals surface area (Å²) in [5.41, 5.74) is 1.74. The second kappa shape index (κ2) is 6.64. The molecule has 2 heterocycles. The number of hydrogen-bond donors (Lipinski definition) is 1. The van der Waals surface area contributed by atoms with Gasteiger partial charge < -0.3 is 5.11 Å². The second-order valence-corrected chi connectivity index (χ2v) is 5.82. The Labute approximate surface area is 149 Å². The summed E-state index contributed by atoms with van der Waals surface area (Å²) in [4.78, 5) is 16.8. The lowest BCUT2D eigenvalue weighted by atomic mass is 10.1. The molecule has 0 radical (unpaired) electrons. The molecule has 0 fully saturated rings. The molecule has 0 saturated carbocycles. The number of rotatable bonds is 3. The molecule has 26 heavy (non-hydrogen) atoms. The summed E-state index contributed by atoms with van der Waals surface area (Å²) < 4.78 is 1.30. The molecule has 4 rings (SSSR count). The van der Waals surface area contributed by atoms with Gasteiger partial charge in [0.2, 0.25) is 0 Å². The molecule has 126 valence electrons. The summed E-state index contributed by atoms with van der Waals surface area (Å²) in [6.45, 7) is 0. The maximum Gasteiger partial charge on any atom is 0.280 e. The van der Waals surface area contributed by atoms with E-state index in [0.717, 1.165) is 16.5 Å². The predicted molar refractivity (Wildman–Crippen MR) is 102 cm³/mol. The van der Waals surface area contributed by atoms with Crippen molar-refractivity contribution in [2.24, 2.45) is 0 Å². The normalized spacial score (nSPS) is 11.2. The highest BCUT2D eigenvalue weighted by molar-refractivity contribution is 5.84. The predicted octanol–water partition coefficient (Wildman–Crippen LogP) is 3.66. The zero-order valence-electron chi connectivity index (χ0n) is 13.8. The topological polar surface area (TPSA) is 68.0 Å². The molecule has 0 saturated heterocycles. The van der Waals surface area contributed by atoms with E-state index in [1.807, 2.05) is 42.5 Å². The van der Waals surface area contributed by atoms with E-state index in [1.165, 1.54) is 4.68 Å². The minimum absolute atomic E-state index is 0.199. The molecule has 4 aromatic rings. The minimum atomic E-state index is -0.199. The highest BCUT2D eigenvalue weighted by atomic mass is 16.3. The number of benzene rings is 2. The van der Waals surface area contributed by atoms with Crippen LogP contribution in [0.2, 0.25) is 0 Å². The van der Waals surface area contributed by atoms with E-state index in [4.69, 9.17) is 0 Å². The fourth-order valence-electron chi connectivity index (χ4n) is 2.69. The zero-order valence-corrected chi connectivity index (χ0v) is 13.8. The first-order valence-corrected chi connectivity index (χ1v) is 8.11. The van der Waals surface area contributed by atoms with E-state index < -0.39 is 0 Å². The molecule has 0 bridgehead atoms. The number of nitrogens with zero attached hydrogens (tertiary/aromatic N) is 3. The third kappa shape index (κ3) is 3.10. The number of fused-ring (bicyclic) bond motifs is 1. The van der Waals surface area contributed by atoms with Crippen LogP contribution in [0.4, 0.5) is 0 Å². The number of phenols is 1. The van der Waals surface area contributed by atoms with Gasteiger partial charge in [-0.2, -0.15) is 9.78 Å². The molecular weight excluding hydrogens is 326 g/mol. The van der Waals surface area contributed by atoms with Crippen LogP contribution in [0, 0.1) is 0 Å². The zero-order chi connectivity index (χ0) is 17.9. The second-order valence-electron chi connectivity index (χ2n) is 5.82. The standard InChI is InChI=1S/C21H15N3O2/c25-18-9-6-15(7-10-18)4-5-16-8-11-19-17(13-16)14-23-24(21(19)26)20-3-1-2-12-22-20/h1-14,25H/b5-4+. The molecule has 0 aliphatic rings. The molecule has 2 aromatic carbocycles. The van der Waals surface area contributed by atoms with Gasteiger partial charge in [0.05, 0.1) is 11.6 Å². The Morgan fingerprint density at radius 1 is 0.923 bits per heavy atom. The van der Waals surface area contributed by atoms with E-state index in [2.05, 4.69) is 10.1 Å². The highest BCUT2D eigenvalue weighted by Crippen LogP contribution is 2.16. The van der Waals surface area contributed by atoms with E-state index in [-0.39, 0.29) is 11.3 Å². The van der Waals surface area contributed by atoms with Crippen LogP contribution in [0.3, 0.4) is 0 Å². The van der Waals surface area contributed by atoms with Crippen molar-refractivity contribution in [3.8, 4) is 11.6 Å². The maximum atomic E-state index is 12.7. The van der Waals surface area contributed by atoms with Gasteiger partial charge in [0.1, 0.15) is 5.75 Å². The van der Waals surface area contributed by atoms with Gasteiger partial charge in [0.25, 0.3) is 5.56 Å².